The molecule has 1 heterocycles. The van der Waals surface area contributed by atoms with Crippen molar-refractivity contribution in [1.82, 2.24) is 5.16 Å². The first-order chi connectivity index (χ1) is 8.13. The topological polar surface area (TPSA) is 95.2 Å². The summed E-state index contributed by atoms with van der Waals surface area (Å²) in [5.74, 6) is 0.931. The van der Waals surface area contributed by atoms with Crippen LogP contribution in [0.15, 0.2) is 28.8 Å². The summed E-state index contributed by atoms with van der Waals surface area (Å²) < 4.78 is 5.13. The second kappa shape index (κ2) is 4.25. The smallest absolute Gasteiger partial charge is 0.269 e. The van der Waals surface area contributed by atoms with Crippen LogP contribution in [0.4, 0.5) is 11.5 Å². The second-order valence-corrected chi connectivity index (χ2v) is 3.53. The van der Waals surface area contributed by atoms with Gasteiger partial charge in [0.1, 0.15) is 0 Å². The molecule has 1 aromatic heterocycles. The Morgan fingerprint density at radius 3 is 2.59 bits per heavy atom. The Kier molecular flexibility index (Phi) is 2.78. The Hall–Kier alpha value is -2.37. The lowest BCUT2D eigenvalue weighted by atomic mass is 10.1. The number of nitrogen functional groups attached to an aromatic ring is 1. The summed E-state index contributed by atoms with van der Waals surface area (Å²) in [6, 6.07) is 6.09. The lowest BCUT2D eigenvalue weighted by molar-refractivity contribution is -0.384. The first-order valence-corrected chi connectivity index (χ1v) is 5.12. The molecule has 6 nitrogen and oxygen atoms in total. The molecule has 2 aromatic rings. The van der Waals surface area contributed by atoms with Gasteiger partial charge in [0.2, 0.25) is 0 Å². The number of rotatable bonds is 3. The average molecular weight is 233 g/mol. The molecule has 0 saturated heterocycles. The van der Waals surface area contributed by atoms with E-state index in [9.17, 15) is 10.1 Å². The normalized spacial score (nSPS) is 10.4. The van der Waals surface area contributed by atoms with Crippen molar-refractivity contribution in [1.29, 1.82) is 0 Å². The monoisotopic (exact) mass is 233 g/mol. The molecule has 1 aromatic carbocycles. The van der Waals surface area contributed by atoms with Gasteiger partial charge in [-0.1, -0.05) is 12.1 Å². The van der Waals surface area contributed by atoms with Gasteiger partial charge in [0.25, 0.3) is 5.69 Å². The highest BCUT2D eigenvalue weighted by Gasteiger charge is 2.14. The third-order valence-electron chi connectivity index (χ3n) is 2.51. The van der Waals surface area contributed by atoms with Crippen LogP contribution in [0.5, 0.6) is 0 Å². The molecule has 0 aliphatic rings. The largest absolute Gasteiger partial charge is 0.381 e. The zero-order valence-corrected chi connectivity index (χ0v) is 9.21. The van der Waals surface area contributed by atoms with Crippen molar-refractivity contribution in [2.45, 2.75) is 13.3 Å². The molecule has 6 heteroatoms. The third-order valence-corrected chi connectivity index (χ3v) is 2.51. The van der Waals surface area contributed by atoms with E-state index in [-0.39, 0.29) is 5.69 Å². The lowest BCUT2D eigenvalue weighted by Gasteiger charge is -1.98. The highest BCUT2D eigenvalue weighted by atomic mass is 16.6. The molecule has 0 unspecified atom stereocenters. The number of benzene rings is 1. The van der Waals surface area contributed by atoms with Gasteiger partial charge in [-0.3, -0.25) is 10.1 Å². The van der Waals surface area contributed by atoms with Crippen LogP contribution in [0.2, 0.25) is 0 Å². The van der Waals surface area contributed by atoms with Crippen LogP contribution in [0.25, 0.3) is 11.3 Å². The Bertz CT molecular complexity index is 546. The van der Waals surface area contributed by atoms with Crippen molar-refractivity contribution < 1.29 is 9.45 Å². The first-order valence-electron chi connectivity index (χ1n) is 5.12. The van der Waals surface area contributed by atoms with Crippen molar-refractivity contribution >= 4 is 11.5 Å². The van der Waals surface area contributed by atoms with Gasteiger partial charge in [0.05, 0.1) is 4.92 Å². The molecule has 0 atom stereocenters. The van der Waals surface area contributed by atoms with Crippen molar-refractivity contribution in [2.75, 3.05) is 5.73 Å². The maximum absolute atomic E-state index is 10.5. The van der Waals surface area contributed by atoms with Crippen LogP contribution in [-0.2, 0) is 6.42 Å². The summed E-state index contributed by atoms with van der Waals surface area (Å²) in [4.78, 5) is 10.1. The molecule has 2 rings (SSSR count). The number of nitrogens with zero attached hydrogens (tertiary/aromatic N) is 2. The number of anilines is 1. The van der Waals surface area contributed by atoms with Gasteiger partial charge in [0, 0.05) is 23.3 Å². The molecule has 2 N–H and O–H groups in total. The molecule has 0 amide bonds. The lowest BCUT2D eigenvalue weighted by Crippen LogP contribution is -1.91. The fraction of sp³-hybridized carbons (Fsp3) is 0.182. The van der Waals surface area contributed by atoms with Gasteiger partial charge in [-0.05, 0) is 18.6 Å². The van der Waals surface area contributed by atoms with E-state index in [0.29, 0.717) is 18.0 Å². The molecule has 0 fully saturated rings. The van der Waals surface area contributed by atoms with Gasteiger partial charge >= 0.3 is 0 Å². The van der Waals surface area contributed by atoms with Crippen LogP contribution in [0, 0.1) is 10.1 Å². The molecule has 0 radical (unpaired) electrons. The van der Waals surface area contributed by atoms with Crippen LogP contribution < -0.4 is 5.73 Å². The fourth-order valence-corrected chi connectivity index (χ4v) is 1.62. The maximum Gasteiger partial charge on any atom is 0.269 e. The van der Waals surface area contributed by atoms with Gasteiger partial charge in [-0.2, -0.15) is 0 Å². The summed E-state index contributed by atoms with van der Waals surface area (Å²) in [6.45, 7) is 1.94. The highest BCUT2D eigenvalue weighted by Crippen LogP contribution is 2.29. The summed E-state index contributed by atoms with van der Waals surface area (Å²) >= 11 is 0. The molecule has 88 valence electrons. The van der Waals surface area contributed by atoms with Gasteiger partial charge in [0.15, 0.2) is 11.6 Å². The van der Waals surface area contributed by atoms with E-state index in [2.05, 4.69) is 5.16 Å². The van der Waals surface area contributed by atoms with E-state index in [4.69, 9.17) is 10.3 Å². The Morgan fingerprint density at radius 2 is 2.06 bits per heavy atom. The third kappa shape index (κ3) is 1.96. The van der Waals surface area contributed by atoms with E-state index in [0.717, 1.165) is 11.1 Å². The number of aromatic nitrogens is 1. The Labute approximate surface area is 97.2 Å². The zero-order chi connectivity index (χ0) is 12.4. The molecule has 0 spiro atoms. The summed E-state index contributed by atoms with van der Waals surface area (Å²) in [7, 11) is 0. The van der Waals surface area contributed by atoms with Gasteiger partial charge < -0.3 is 10.3 Å². The SMILES string of the molecule is CCc1c(N)noc1-c1ccc([N+](=O)[O-])cc1. The number of nitrogens with two attached hydrogens (primary N) is 1. The quantitative estimate of drug-likeness (QED) is 0.648. The van der Waals surface area contributed by atoms with Gasteiger partial charge in [-0.15, -0.1) is 0 Å². The minimum absolute atomic E-state index is 0.0410. The Morgan fingerprint density at radius 1 is 1.41 bits per heavy atom. The van der Waals surface area contributed by atoms with E-state index in [1.54, 1.807) is 12.1 Å². The van der Waals surface area contributed by atoms with Crippen LogP contribution in [0.1, 0.15) is 12.5 Å². The summed E-state index contributed by atoms with van der Waals surface area (Å²) in [6.07, 6.45) is 0.696. The molecule has 0 bridgehead atoms. The summed E-state index contributed by atoms with van der Waals surface area (Å²) in [5.41, 5.74) is 7.25. The highest BCUT2D eigenvalue weighted by molar-refractivity contribution is 5.66. The first kappa shape index (κ1) is 11.1. The molecular weight excluding hydrogens is 222 g/mol. The number of non-ortho nitro benzene ring substituents is 1. The van der Waals surface area contributed by atoms with Crippen molar-refractivity contribution in [2.24, 2.45) is 0 Å². The number of hydrogen-bond acceptors (Lipinski definition) is 5. The predicted molar refractivity (Wildman–Crippen MR) is 62.4 cm³/mol. The molecular formula is C11H11N3O3. The number of nitro benzene ring substituents is 1. The molecule has 0 saturated carbocycles. The minimum atomic E-state index is -0.445. The number of nitro groups is 1. The second-order valence-electron chi connectivity index (χ2n) is 3.53. The van der Waals surface area contributed by atoms with E-state index < -0.39 is 4.92 Å². The van der Waals surface area contributed by atoms with E-state index in [1.807, 2.05) is 6.92 Å². The number of hydrogen-bond donors (Lipinski definition) is 1. The molecule has 0 aliphatic carbocycles. The minimum Gasteiger partial charge on any atom is -0.381 e. The predicted octanol–water partition coefficient (Wildman–Crippen LogP) is 2.39. The maximum atomic E-state index is 10.5. The zero-order valence-electron chi connectivity index (χ0n) is 9.21. The molecule has 17 heavy (non-hydrogen) atoms. The van der Waals surface area contributed by atoms with Crippen molar-refractivity contribution in [3.05, 3.63) is 39.9 Å². The summed E-state index contributed by atoms with van der Waals surface area (Å²) in [5, 5.41) is 14.2. The van der Waals surface area contributed by atoms with E-state index in [1.165, 1.54) is 12.1 Å². The van der Waals surface area contributed by atoms with E-state index >= 15 is 0 Å². The Balaban J connectivity index is 2.43. The van der Waals surface area contributed by atoms with Crippen LogP contribution in [0.3, 0.4) is 0 Å². The van der Waals surface area contributed by atoms with Crippen LogP contribution >= 0.6 is 0 Å². The average Bonchev–Trinajstić information content (AvgIpc) is 2.70. The van der Waals surface area contributed by atoms with Gasteiger partial charge in [-0.25, -0.2) is 0 Å². The van der Waals surface area contributed by atoms with Crippen molar-refractivity contribution in [3.8, 4) is 11.3 Å². The van der Waals surface area contributed by atoms with Crippen molar-refractivity contribution in [3.63, 3.8) is 0 Å². The van der Waals surface area contributed by atoms with Crippen LogP contribution in [-0.4, -0.2) is 10.1 Å². The molecule has 0 aliphatic heterocycles. The standard InChI is InChI=1S/C11H11N3O3/c1-2-9-10(17-13-11(9)12)7-3-5-8(6-4-7)14(15)16/h3-6H,2H2,1H3,(H2,12,13). The fourth-order valence-electron chi connectivity index (χ4n) is 1.62.